The standard InChI is InChI=1S/C22H26N4O2S/c1-4-26-12-16-8-6-5-7-15(16)11-17(26)20(27)23-10-9-18-24-21(28)19-13(2)14(3)29-22(19)25-18/h5-8,17H,4,9-12H2,1-3H3,(H,23,27)(H,24,25,28)/t17-/m0/s1. The number of carbonyl (C=O) groups excluding carboxylic acids is 1. The Morgan fingerprint density at radius 1 is 1.31 bits per heavy atom. The van der Waals surface area contributed by atoms with Crippen LogP contribution in [0.15, 0.2) is 29.1 Å². The number of nitrogens with zero attached hydrogens (tertiary/aromatic N) is 2. The first-order chi connectivity index (χ1) is 14.0. The molecule has 0 unspecified atom stereocenters. The Balaban J connectivity index is 1.42. The Kier molecular flexibility index (Phi) is 5.52. The maximum Gasteiger partial charge on any atom is 0.259 e. The monoisotopic (exact) mass is 410 g/mol. The molecule has 0 fully saturated rings. The minimum Gasteiger partial charge on any atom is -0.354 e. The molecule has 4 rings (SSSR count). The van der Waals surface area contributed by atoms with Gasteiger partial charge >= 0.3 is 0 Å². The van der Waals surface area contributed by atoms with Gasteiger partial charge in [0.25, 0.3) is 5.56 Å². The van der Waals surface area contributed by atoms with Gasteiger partial charge in [0.2, 0.25) is 5.91 Å². The number of rotatable bonds is 5. The predicted molar refractivity (Wildman–Crippen MR) is 116 cm³/mol. The number of benzene rings is 1. The highest BCUT2D eigenvalue weighted by Gasteiger charge is 2.30. The summed E-state index contributed by atoms with van der Waals surface area (Å²) in [6, 6.07) is 8.16. The number of H-pyrrole nitrogens is 1. The van der Waals surface area contributed by atoms with Crippen LogP contribution in [-0.4, -0.2) is 39.9 Å². The third-order valence-electron chi connectivity index (χ3n) is 5.80. The summed E-state index contributed by atoms with van der Waals surface area (Å²) in [7, 11) is 0. The average molecular weight is 411 g/mol. The number of aryl methyl sites for hydroxylation is 2. The van der Waals surface area contributed by atoms with Crippen LogP contribution < -0.4 is 10.9 Å². The molecule has 1 aliphatic heterocycles. The minimum absolute atomic E-state index is 0.0348. The Hall–Kier alpha value is -2.51. The molecule has 3 aromatic rings. The smallest absolute Gasteiger partial charge is 0.259 e. The van der Waals surface area contributed by atoms with Gasteiger partial charge in [-0.1, -0.05) is 31.2 Å². The summed E-state index contributed by atoms with van der Waals surface area (Å²) in [6.07, 6.45) is 1.23. The zero-order valence-corrected chi connectivity index (χ0v) is 17.9. The van der Waals surface area contributed by atoms with Crippen LogP contribution in [0.1, 0.15) is 34.3 Å². The van der Waals surface area contributed by atoms with Crippen LogP contribution in [0.3, 0.4) is 0 Å². The molecule has 1 amide bonds. The zero-order valence-electron chi connectivity index (χ0n) is 17.0. The Bertz CT molecular complexity index is 1120. The fourth-order valence-corrected chi connectivity index (χ4v) is 5.06. The lowest BCUT2D eigenvalue weighted by Gasteiger charge is -2.35. The number of hydrogen-bond acceptors (Lipinski definition) is 5. The van der Waals surface area contributed by atoms with Gasteiger partial charge in [-0.15, -0.1) is 11.3 Å². The highest BCUT2D eigenvalue weighted by atomic mass is 32.1. The second kappa shape index (κ2) is 8.08. The van der Waals surface area contributed by atoms with E-state index in [1.165, 1.54) is 11.1 Å². The van der Waals surface area contributed by atoms with Crippen molar-refractivity contribution in [3.8, 4) is 0 Å². The van der Waals surface area contributed by atoms with E-state index in [4.69, 9.17) is 0 Å². The number of hydrogen-bond donors (Lipinski definition) is 2. The molecule has 6 nitrogen and oxygen atoms in total. The Morgan fingerprint density at radius 3 is 2.83 bits per heavy atom. The summed E-state index contributed by atoms with van der Waals surface area (Å²) in [5, 5.41) is 3.72. The predicted octanol–water partition coefficient (Wildman–Crippen LogP) is 2.71. The van der Waals surface area contributed by atoms with Gasteiger partial charge in [0, 0.05) is 24.4 Å². The maximum atomic E-state index is 12.9. The number of thiophene rings is 1. The summed E-state index contributed by atoms with van der Waals surface area (Å²) in [5.41, 5.74) is 3.45. The third kappa shape index (κ3) is 3.84. The molecule has 7 heteroatoms. The van der Waals surface area contributed by atoms with E-state index in [1.807, 2.05) is 26.0 Å². The summed E-state index contributed by atoms with van der Waals surface area (Å²) in [4.78, 5) is 36.8. The summed E-state index contributed by atoms with van der Waals surface area (Å²) in [6.45, 7) is 8.12. The minimum atomic E-state index is -0.160. The number of aromatic nitrogens is 2. The van der Waals surface area contributed by atoms with Crippen LogP contribution >= 0.6 is 11.3 Å². The highest BCUT2D eigenvalue weighted by molar-refractivity contribution is 7.18. The van der Waals surface area contributed by atoms with Crippen molar-refractivity contribution in [3.05, 3.63) is 62.0 Å². The molecule has 2 N–H and O–H groups in total. The molecule has 1 atom stereocenters. The molecule has 0 spiro atoms. The van der Waals surface area contributed by atoms with Crippen molar-refractivity contribution in [1.29, 1.82) is 0 Å². The fraction of sp³-hybridized carbons (Fsp3) is 0.409. The quantitative estimate of drug-likeness (QED) is 0.678. The molecule has 152 valence electrons. The topological polar surface area (TPSA) is 78.1 Å². The molecule has 29 heavy (non-hydrogen) atoms. The number of aromatic amines is 1. The van der Waals surface area contributed by atoms with E-state index in [1.54, 1.807) is 11.3 Å². The average Bonchev–Trinajstić information content (AvgIpc) is 3.00. The highest BCUT2D eigenvalue weighted by Crippen LogP contribution is 2.26. The van der Waals surface area contributed by atoms with Gasteiger partial charge < -0.3 is 10.3 Å². The van der Waals surface area contributed by atoms with E-state index >= 15 is 0 Å². The van der Waals surface area contributed by atoms with Crippen molar-refractivity contribution in [1.82, 2.24) is 20.2 Å². The first kappa shape index (κ1) is 19.8. The lowest BCUT2D eigenvalue weighted by molar-refractivity contribution is -0.126. The van der Waals surface area contributed by atoms with Gasteiger partial charge in [-0.25, -0.2) is 4.98 Å². The molecule has 1 aromatic carbocycles. The number of amides is 1. The Morgan fingerprint density at radius 2 is 2.07 bits per heavy atom. The van der Waals surface area contributed by atoms with Gasteiger partial charge in [-0.05, 0) is 43.5 Å². The van der Waals surface area contributed by atoms with Gasteiger partial charge in [0.05, 0.1) is 11.4 Å². The van der Waals surface area contributed by atoms with Gasteiger partial charge in [0.15, 0.2) is 0 Å². The van der Waals surface area contributed by atoms with E-state index in [-0.39, 0.29) is 17.5 Å². The van der Waals surface area contributed by atoms with Gasteiger partial charge in [0.1, 0.15) is 10.7 Å². The molecule has 0 saturated carbocycles. The van der Waals surface area contributed by atoms with E-state index < -0.39 is 0 Å². The van der Waals surface area contributed by atoms with Crippen LogP contribution in [0.5, 0.6) is 0 Å². The molecule has 0 bridgehead atoms. The zero-order chi connectivity index (χ0) is 20.5. The first-order valence-electron chi connectivity index (χ1n) is 10.0. The van der Waals surface area contributed by atoms with E-state index in [0.717, 1.165) is 34.8 Å². The second-order valence-electron chi connectivity index (χ2n) is 7.57. The third-order valence-corrected chi connectivity index (χ3v) is 6.90. The molecule has 1 aliphatic rings. The molecule has 0 radical (unpaired) electrons. The summed E-state index contributed by atoms with van der Waals surface area (Å²) < 4.78 is 0. The second-order valence-corrected chi connectivity index (χ2v) is 8.77. The molecular formula is C22H26N4O2S. The summed E-state index contributed by atoms with van der Waals surface area (Å²) in [5.74, 6) is 0.651. The van der Waals surface area contributed by atoms with Crippen LogP contribution in [0.25, 0.3) is 10.2 Å². The Labute approximate surface area is 174 Å². The van der Waals surface area contributed by atoms with E-state index in [0.29, 0.717) is 24.2 Å². The van der Waals surface area contributed by atoms with Crippen LogP contribution in [0.4, 0.5) is 0 Å². The van der Waals surface area contributed by atoms with Crippen LogP contribution in [-0.2, 0) is 24.2 Å². The van der Waals surface area contributed by atoms with Crippen molar-refractivity contribution in [2.75, 3.05) is 13.1 Å². The van der Waals surface area contributed by atoms with Gasteiger partial charge in [-0.3, -0.25) is 14.5 Å². The van der Waals surface area contributed by atoms with Gasteiger partial charge in [-0.2, -0.15) is 0 Å². The van der Waals surface area contributed by atoms with Crippen molar-refractivity contribution in [2.45, 2.75) is 46.2 Å². The lowest BCUT2D eigenvalue weighted by atomic mass is 9.93. The van der Waals surface area contributed by atoms with Crippen LogP contribution in [0, 0.1) is 13.8 Å². The first-order valence-corrected chi connectivity index (χ1v) is 10.9. The van der Waals surface area contributed by atoms with Crippen molar-refractivity contribution >= 4 is 27.5 Å². The molecule has 0 saturated heterocycles. The number of likely N-dealkylation sites (N-methyl/N-ethyl adjacent to an activating group) is 1. The normalized spacial score (nSPS) is 16.7. The van der Waals surface area contributed by atoms with E-state index in [2.05, 4.69) is 39.2 Å². The molecule has 2 aromatic heterocycles. The van der Waals surface area contributed by atoms with Crippen LogP contribution in [0.2, 0.25) is 0 Å². The lowest BCUT2D eigenvalue weighted by Crippen LogP contribution is -2.50. The number of carbonyl (C=O) groups is 1. The van der Waals surface area contributed by atoms with E-state index in [9.17, 15) is 9.59 Å². The largest absolute Gasteiger partial charge is 0.354 e. The number of fused-ring (bicyclic) bond motifs is 2. The SMILES string of the molecule is CCN1Cc2ccccc2C[C@H]1C(=O)NCCc1nc2sc(C)c(C)c2c(=O)[nH]1. The molecular weight excluding hydrogens is 384 g/mol. The summed E-state index contributed by atoms with van der Waals surface area (Å²) >= 11 is 1.54. The van der Waals surface area contributed by atoms with Crippen molar-refractivity contribution in [3.63, 3.8) is 0 Å². The van der Waals surface area contributed by atoms with Crippen molar-refractivity contribution < 1.29 is 4.79 Å². The van der Waals surface area contributed by atoms with Crippen molar-refractivity contribution in [2.24, 2.45) is 0 Å². The maximum absolute atomic E-state index is 12.9. The number of nitrogens with one attached hydrogen (secondary N) is 2. The fourth-order valence-electron chi connectivity index (χ4n) is 4.01. The molecule has 0 aliphatic carbocycles. The molecule has 3 heterocycles.